The maximum atomic E-state index is 12.0. The van der Waals surface area contributed by atoms with Crippen LogP contribution in [0.15, 0.2) is 0 Å². The van der Waals surface area contributed by atoms with Crippen molar-refractivity contribution in [3.05, 3.63) is 0 Å². The van der Waals surface area contributed by atoms with Crippen LogP contribution in [0.4, 0.5) is 0 Å². The average Bonchev–Trinajstić information content (AvgIpc) is 2.42. The van der Waals surface area contributed by atoms with Crippen LogP contribution < -0.4 is 5.32 Å². The lowest BCUT2D eigenvalue weighted by Gasteiger charge is -2.33. The van der Waals surface area contributed by atoms with Crippen LogP contribution in [-0.4, -0.2) is 58.1 Å². The average molecular weight is 300 g/mol. The summed E-state index contributed by atoms with van der Waals surface area (Å²) in [7, 11) is 0. The van der Waals surface area contributed by atoms with E-state index in [0.29, 0.717) is 25.9 Å². The van der Waals surface area contributed by atoms with E-state index in [1.807, 2.05) is 13.8 Å². The molecule has 3 N–H and O–H groups in total. The van der Waals surface area contributed by atoms with Crippen LogP contribution in [0.1, 0.15) is 33.6 Å². The summed E-state index contributed by atoms with van der Waals surface area (Å²) in [5.41, 5.74) is 0. The van der Waals surface area contributed by atoms with Crippen LogP contribution in [0, 0.1) is 11.8 Å². The van der Waals surface area contributed by atoms with Crippen molar-refractivity contribution >= 4 is 17.8 Å². The van der Waals surface area contributed by atoms with Crippen LogP contribution in [0.3, 0.4) is 0 Å². The SMILES string of the molecule is CC(C)C(=O)N1CCC(C(=O)NC(C(=O)O)C(C)O)CC1. The molecule has 1 saturated heterocycles. The fourth-order valence-electron chi connectivity index (χ4n) is 2.39. The lowest BCUT2D eigenvalue weighted by atomic mass is 9.94. The third kappa shape index (κ3) is 4.70. The first-order valence-corrected chi connectivity index (χ1v) is 7.24. The Hall–Kier alpha value is -1.63. The Labute approximate surface area is 124 Å². The maximum absolute atomic E-state index is 12.0. The van der Waals surface area contributed by atoms with Gasteiger partial charge in [0.2, 0.25) is 11.8 Å². The van der Waals surface area contributed by atoms with E-state index in [9.17, 15) is 19.5 Å². The van der Waals surface area contributed by atoms with Gasteiger partial charge in [0.05, 0.1) is 6.10 Å². The quantitative estimate of drug-likeness (QED) is 0.653. The number of amides is 2. The molecule has 7 nitrogen and oxygen atoms in total. The molecule has 21 heavy (non-hydrogen) atoms. The first-order valence-electron chi connectivity index (χ1n) is 7.24. The minimum atomic E-state index is -1.30. The summed E-state index contributed by atoms with van der Waals surface area (Å²) < 4.78 is 0. The van der Waals surface area contributed by atoms with Gasteiger partial charge in [0, 0.05) is 24.9 Å². The minimum absolute atomic E-state index is 0.0676. The summed E-state index contributed by atoms with van der Waals surface area (Å²) in [5.74, 6) is -1.95. The third-order valence-corrected chi connectivity index (χ3v) is 3.72. The van der Waals surface area contributed by atoms with Crippen LogP contribution >= 0.6 is 0 Å². The molecule has 0 aromatic heterocycles. The molecule has 0 saturated carbocycles. The summed E-state index contributed by atoms with van der Waals surface area (Å²) >= 11 is 0. The highest BCUT2D eigenvalue weighted by Crippen LogP contribution is 2.19. The van der Waals surface area contributed by atoms with Gasteiger partial charge in [-0.15, -0.1) is 0 Å². The van der Waals surface area contributed by atoms with Gasteiger partial charge in [-0.1, -0.05) is 13.8 Å². The van der Waals surface area contributed by atoms with Crippen LogP contribution in [0.5, 0.6) is 0 Å². The van der Waals surface area contributed by atoms with Crippen molar-refractivity contribution in [2.24, 2.45) is 11.8 Å². The number of piperidine rings is 1. The second-order valence-electron chi connectivity index (χ2n) is 5.82. The minimum Gasteiger partial charge on any atom is -0.480 e. The Kier molecular flexibility index (Phi) is 6.14. The summed E-state index contributed by atoms with van der Waals surface area (Å²) in [6.45, 7) is 5.99. The number of hydrogen-bond donors (Lipinski definition) is 3. The van der Waals surface area contributed by atoms with E-state index in [1.54, 1.807) is 4.90 Å². The Bertz CT molecular complexity index is 400. The zero-order valence-electron chi connectivity index (χ0n) is 12.7. The normalized spacial score (nSPS) is 19.2. The molecule has 2 amide bonds. The molecule has 0 radical (unpaired) electrons. The first kappa shape index (κ1) is 17.4. The van der Waals surface area contributed by atoms with E-state index in [2.05, 4.69) is 5.32 Å². The van der Waals surface area contributed by atoms with Crippen molar-refractivity contribution in [1.29, 1.82) is 0 Å². The third-order valence-electron chi connectivity index (χ3n) is 3.72. The van der Waals surface area contributed by atoms with Crippen molar-refractivity contribution in [2.75, 3.05) is 13.1 Å². The molecule has 2 atom stereocenters. The fourth-order valence-corrected chi connectivity index (χ4v) is 2.39. The van der Waals surface area contributed by atoms with E-state index < -0.39 is 18.1 Å². The number of aliphatic carboxylic acids is 1. The molecular formula is C14H24N2O5. The number of nitrogens with one attached hydrogen (secondary N) is 1. The molecule has 0 aromatic rings. The number of aliphatic hydroxyl groups excluding tert-OH is 1. The topological polar surface area (TPSA) is 107 Å². The van der Waals surface area contributed by atoms with Gasteiger partial charge in [-0.2, -0.15) is 0 Å². The van der Waals surface area contributed by atoms with Gasteiger partial charge < -0.3 is 20.4 Å². The van der Waals surface area contributed by atoms with Gasteiger partial charge in [-0.25, -0.2) is 4.79 Å². The molecule has 1 aliphatic rings. The number of carboxylic acids is 1. The van der Waals surface area contributed by atoms with Crippen molar-refractivity contribution in [3.8, 4) is 0 Å². The Morgan fingerprint density at radius 1 is 1.14 bits per heavy atom. The second kappa shape index (κ2) is 7.40. The van der Waals surface area contributed by atoms with Crippen molar-refractivity contribution < 1.29 is 24.6 Å². The van der Waals surface area contributed by atoms with Crippen molar-refractivity contribution in [2.45, 2.75) is 45.8 Å². The molecule has 0 bridgehead atoms. The number of nitrogens with zero attached hydrogens (tertiary/aromatic N) is 1. The lowest BCUT2D eigenvalue weighted by molar-refractivity contribution is -0.146. The predicted octanol–water partition coefficient (Wildman–Crippen LogP) is -0.169. The highest BCUT2D eigenvalue weighted by Gasteiger charge is 2.32. The number of carbonyl (C=O) groups is 3. The maximum Gasteiger partial charge on any atom is 0.328 e. The lowest BCUT2D eigenvalue weighted by Crippen LogP contribution is -2.51. The molecule has 1 heterocycles. The van der Waals surface area contributed by atoms with Gasteiger partial charge in [-0.3, -0.25) is 9.59 Å². The predicted molar refractivity (Wildman–Crippen MR) is 75.4 cm³/mol. The Morgan fingerprint density at radius 3 is 2.05 bits per heavy atom. The van der Waals surface area contributed by atoms with Gasteiger partial charge >= 0.3 is 5.97 Å². The van der Waals surface area contributed by atoms with Gasteiger partial charge in [0.15, 0.2) is 6.04 Å². The molecular weight excluding hydrogens is 276 g/mol. The number of carbonyl (C=O) groups excluding carboxylic acids is 2. The summed E-state index contributed by atoms with van der Waals surface area (Å²) in [6, 6.07) is -1.30. The van der Waals surface area contributed by atoms with Gasteiger partial charge in [0.1, 0.15) is 0 Å². The summed E-state index contributed by atoms with van der Waals surface area (Å²) in [5, 5.41) is 20.7. The molecule has 120 valence electrons. The monoisotopic (exact) mass is 300 g/mol. The zero-order valence-corrected chi connectivity index (χ0v) is 12.7. The molecule has 1 rings (SSSR count). The van der Waals surface area contributed by atoms with E-state index >= 15 is 0 Å². The number of likely N-dealkylation sites (tertiary alicyclic amines) is 1. The number of carboxylic acid groups (broad SMARTS) is 1. The standard InChI is InChI=1S/C14H24N2O5/c1-8(2)13(19)16-6-4-10(5-7-16)12(18)15-11(9(3)17)14(20)21/h8-11,17H,4-7H2,1-3H3,(H,15,18)(H,20,21). The number of rotatable bonds is 5. The number of hydrogen-bond acceptors (Lipinski definition) is 4. The molecule has 2 unspecified atom stereocenters. The van der Waals surface area contributed by atoms with Crippen LogP contribution in [0.2, 0.25) is 0 Å². The van der Waals surface area contributed by atoms with Crippen molar-refractivity contribution in [1.82, 2.24) is 10.2 Å². The van der Waals surface area contributed by atoms with E-state index in [4.69, 9.17) is 5.11 Å². The van der Waals surface area contributed by atoms with E-state index in [0.717, 1.165) is 0 Å². The van der Waals surface area contributed by atoms with Crippen LogP contribution in [0.25, 0.3) is 0 Å². The second-order valence-corrected chi connectivity index (χ2v) is 5.82. The molecule has 0 aliphatic carbocycles. The number of aliphatic hydroxyl groups is 1. The summed E-state index contributed by atoms with van der Waals surface area (Å²) in [6.07, 6.45) is -0.138. The summed E-state index contributed by atoms with van der Waals surface area (Å²) in [4.78, 5) is 36.6. The zero-order chi connectivity index (χ0) is 16.2. The largest absolute Gasteiger partial charge is 0.480 e. The Balaban J connectivity index is 2.52. The van der Waals surface area contributed by atoms with Gasteiger partial charge in [-0.05, 0) is 19.8 Å². The van der Waals surface area contributed by atoms with Gasteiger partial charge in [0.25, 0.3) is 0 Å². The Morgan fingerprint density at radius 2 is 1.67 bits per heavy atom. The molecule has 0 aromatic carbocycles. The highest BCUT2D eigenvalue weighted by atomic mass is 16.4. The van der Waals surface area contributed by atoms with E-state index in [1.165, 1.54) is 6.92 Å². The molecule has 0 spiro atoms. The molecule has 1 fully saturated rings. The first-order chi connectivity index (χ1) is 9.73. The smallest absolute Gasteiger partial charge is 0.328 e. The van der Waals surface area contributed by atoms with Crippen LogP contribution in [-0.2, 0) is 14.4 Å². The fraction of sp³-hybridized carbons (Fsp3) is 0.786. The molecule has 7 heteroatoms. The molecule has 1 aliphatic heterocycles. The highest BCUT2D eigenvalue weighted by molar-refractivity contribution is 5.85. The van der Waals surface area contributed by atoms with Crippen molar-refractivity contribution in [3.63, 3.8) is 0 Å². The van der Waals surface area contributed by atoms with E-state index in [-0.39, 0.29) is 23.7 Å².